The number of nitrogen functional groups attached to an aromatic ring is 1. The molecule has 0 saturated carbocycles. The first-order valence-electron chi connectivity index (χ1n) is 6.37. The first-order chi connectivity index (χ1) is 10.0. The van der Waals surface area contributed by atoms with Gasteiger partial charge in [-0.25, -0.2) is 9.18 Å². The lowest BCUT2D eigenvalue weighted by Gasteiger charge is -2.12. The van der Waals surface area contributed by atoms with Crippen LogP contribution >= 0.6 is 0 Å². The van der Waals surface area contributed by atoms with Gasteiger partial charge in [0.25, 0.3) is 0 Å². The highest BCUT2D eigenvalue weighted by molar-refractivity contribution is 5.96. The third-order valence-corrected chi connectivity index (χ3v) is 3.11. The standard InChI is InChI=1S/C16H16FNO3/c1-10-6-7-12(8-13(10)17)21-9-11-4-3-5-14(18)15(11)16(19)20-2/h3-8H,9,18H2,1-2H3. The second-order valence-electron chi connectivity index (χ2n) is 4.57. The van der Waals surface area contributed by atoms with E-state index in [2.05, 4.69) is 0 Å². The number of ether oxygens (including phenoxy) is 2. The minimum absolute atomic E-state index is 0.0952. The first kappa shape index (κ1) is 14.8. The smallest absolute Gasteiger partial charge is 0.340 e. The summed E-state index contributed by atoms with van der Waals surface area (Å²) in [6, 6.07) is 9.65. The molecule has 0 spiro atoms. The molecule has 0 amide bonds. The number of carbonyl (C=O) groups excluding carboxylic acids is 1. The van der Waals surface area contributed by atoms with Crippen molar-refractivity contribution < 1.29 is 18.7 Å². The minimum Gasteiger partial charge on any atom is -0.489 e. The van der Waals surface area contributed by atoms with E-state index in [9.17, 15) is 9.18 Å². The monoisotopic (exact) mass is 289 g/mol. The lowest BCUT2D eigenvalue weighted by Crippen LogP contribution is -2.11. The van der Waals surface area contributed by atoms with Gasteiger partial charge in [0.05, 0.1) is 12.7 Å². The zero-order chi connectivity index (χ0) is 15.4. The molecule has 0 saturated heterocycles. The molecule has 0 fully saturated rings. The Kier molecular flexibility index (Phi) is 4.42. The summed E-state index contributed by atoms with van der Waals surface area (Å²) >= 11 is 0. The molecule has 5 heteroatoms. The van der Waals surface area contributed by atoms with E-state index in [1.165, 1.54) is 13.2 Å². The molecule has 2 aromatic carbocycles. The van der Waals surface area contributed by atoms with Crippen LogP contribution < -0.4 is 10.5 Å². The van der Waals surface area contributed by atoms with E-state index < -0.39 is 5.97 Å². The second-order valence-corrected chi connectivity index (χ2v) is 4.57. The predicted molar refractivity (Wildman–Crippen MR) is 77.7 cm³/mol. The summed E-state index contributed by atoms with van der Waals surface area (Å²) < 4.78 is 23.7. The first-order valence-corrected chi connectivity index (χ1v) is 6.37. The Bertz CT molecular complexity index is 671. The van der Waals surface area contributed by atoms with E-state index in [4.69, 9.17) is 15.2 Å². The summed E-state index contributed by atoms with van der Waals surface area (Å²) in [6.07, 6.45) is 0. The van der Waals surface area contributed by atoms with E-state index >= 15 is 0 Å². The molecule has 0 radical (unpaired) electrons. The van der Waals surface area contributed by atoms with Crippen LogP contribution in [0.15, 0.2) is 36.4 Å². The van der Waals surface area contributed by atoms with Crippen LogP contribution in [0, 0.1) is 12.7 Å². The number of aryl methyl sites for hydroxylation is 1. The largest absolute Gasteiger partial charge is 0.489 e. The fraction of sp³-hybridized carbons (Fsp3) is 0.188. The van der Waals surface area contributed by atoms with Gasteiger partial charge >= 0.3 is 5.97 Å². The highest BCUT2D eigenvalue weighted by Crippen LogP contribution is 2.21. The summed E-state index contributed by atoms with van der Waals surface area (Å²) in [4.78, 5) is 11.7. The number of anilines is 1. The maximum atomic E-state index is 13.5. The van der Waals surface area contributed by atoms with Crippen molar-refractivity contribution in [2.24, 2.45) is 0 Å². The Morgan fingerprint density at radius 2 is 2.05 bits per heavy atom. The molecule has 0 aliphatic carbocycles. The van der Waals surface area contributed by atoms with Gasteiger partial charge < -0.3 is 15.2 Å². The summed E-state index contributed by atoms with van der Waals surface area (Å²) in [5, 5.41) is 0. The second kappa shape index (κ2) is 6.26. The Morgan fingerprint density at radius 1 is 1.29 bits per heavy atom. The number of benzene rings is 2. The number of esters is 1. The number of hydrogen-bond donors (Lipinski definition) is 1. The average Bonchev–Trinajstić information content (AvgIpc) is 2.48. The van der Waals surface area contributed by atoms with E-state index in [1.54, 1.807) is 37.3 Å². The number of carbonyl (C=O) groups is 1. The maximum Gasteiger partial charge on any atom is 0.340 e. The van der Waals surface area contributed by atoms with Gasteiger partial charge in [-0.05, 0) is 24.6 Å². The van der Waals surface area contributed by atoms with E-state index in [0.29, 0.717) is 22.6 Å². The maximum absolute atomic E-state index is 13.5. The molecule has 2 rings (SSSR count). The van der Waals surface area contributed by atoms with Crippen molar-refractivity contribution in [3.63, 3.8) is 0 Å². The van der Waals surface area contributed by atoms with Gasteiger partial charge in [-0.15, -0.1) is 0 Å². The third kappa shape index (κ3) is 3.31. The fourth-order valence-electron chi connectivity index (χ4n) is 1.92. The zero-order valence-corrected chi connectivity index (χ0v) is 11.9. The molecule has 0 aromatic heterocycles. The summed E-state index contributed by atoms with van der Waals surface area (Å²) in [5.74, 6) is -0.480. The Balaban J connectivity index is 2.22. The molecule has 2 aromatic rings. The summed E-state index contributed by atoms with van der Waals surface area (Å²) in [7, 11) is 1.29. The molecule has 110 valence electrons. The normalized spacial score (nSPS) is 10.2. The van der Waals surface area contributed by atoms with Crippen molar-refractivity contribution in [3.8, 4) is 5.75 Å². The molecule has 4 nitrogen and oxygen atoms in total. The lowest BCUT2D eigenvalue weighted by molar-refractivity contribution is 0.0599. The van der Waals surface area contributed by atoms with Gasteiger partial charge in [-0.2, -0.15) is 0 Å². The quantitative estimate of drug-likeness (QED) is 0.694. The highest BCUT2D eigenvalue weighted by Gasteiger charge is 2.15. The molecular formula is C16H16FNO3. The van der Waals surface area contributed by atoms with Crippen LogP contribution in [0.2, 0.25) is 0 Å². The number of rotatable bonds is 4. The fourth-order valence-corrected chi connectivity index (χ4v) is 1.92. The van der Waals surface area contributed by atoms with Gasteiger partial charge in [0.15, 0.2) is 0 Å². The number of halogens is 1. The van der Waals surface area contributed by atoms with Crippen molar-refractivity contribution in [3.05, 3.63) is 58.9 Å². The molecule has 0 aliphatic rings. The topological polar surface area (TPSA) is 61.5 Å². The molecule has 21 heavy (non-hydrogen) atoms. The van der Waals surface area contributed by atoms with Crippen molar-refractivity contribution >= 4 is 11.7 Å². The van der Waals surface area contributed by atoms with Gasteiger partial charge in [0.2, 0.25) is 0 Å². The van der Waals surface area contributed by atoms with Crippen LogP contribution in [0.5, 0.6) is 5.75 Å². The van der Waals surface area contributed by atoms with Crippen LogP contribution in [0.4, 0.5) is 10.1 Å². The molecule has 0 unspecified atom stereocenters. The van der Waals surface area contributed by atoms with Crippen LogP contribution in [-0.4, -0.2) is 13.1 Å². The lowest BCUT2D eigenvalue weighted by atomic mass is 10.1. The average molecular weight is 289 g/mol. The van der Waals surface area contributed by atoms with Gasteiger partial charge in [0, 0.05) is 17.3 Å². The van der Waals surface area contributed by atoms with Gasteiger partial charge in [-0.3, -0.25) is 0 Å². The van der Waals surface area contributed by atoms with Crippen LogP contribution in [0.3, 0.4) is 0 Å². The van der Waals surface area contributed by atoms with Crippen molar-refractivity contribution in [1.82, 2.24) is 0 Å². The predicted octanol–water partition coefficient (Wildman–Crippen LogP) is 3.08. The number of hydrogen-bond acceptors (Lipinski definition) is 4. The summed E-state index contributed by atoms with van der Waals surface area (Å²) in [6.45, 7) is 1.77. The van der Waals surface area contributed by atoms with Crippen LogP contribution in [-0.2, 0) is 11.3 Å². The SMILES string of the molecule is COC(=O)c1c(N)cccc1COc1ccc(C)c(F)c1. The number of nitrogens with two attached hydrogens (primary N) is 1. The minimum atomic E-state index is -0.526. The van der Waals surface area contributed by atoms with Crippen molar-refractivity contribution in [2.45, 2.75) is 13.5 Å². The van der Waals surface area contributed by atoms with Gasteiger partial charge in [0.1, 0.15) is 18.2 Å². The van der Waals surface area contributed by atoms with E-state index in [0.717, 1.165) is 0 Å². The molecule has 0 aliphatic heterocycles. The van der Waals surface area contributed by atoms with E-state index in [1.807, 2.05) is 0 Å². The Labute approximate surface area is 122 Å². The molecular weight excluding hydrogens is 273 g/mol. The Morgan fingerprint density at radius 3 is 2.71 bits per heavy atom. The van der Waals surface area contributed by atoms with Crippen molar-refractivity contribution in [2.75, 3.05) is 12.8 Å². The van der Waals surface area contributed by atoms with Crippen molar-refractivity contribution in [1.29, 1.82) is 0 Å². The molecule has 0 heterocycles. The molecule has 2 N–H and O–H groups in total. The van der Waals surface area contributed by atoms with E-state index in [-0.39, 0.29) is 18.0 Å². The van der Waals surface area contributed by atoms with Crippen LogP contribution in [0.25, 0.3) is 0 Å². The molecule has 0 bridgehead atoms. The summed E-state index contributed by atoms with van der Waals surface area (Å²) in [5.41, 5.74) is 7.51. The third-order valence-electron chi connectivity index (χ3n) is 3.11. The molecule has 0 atom stereocenters. The Hall–Kier alpha value is -2.56. The van der Waals surface area contributed by atoms with Gasteiger partial charge in [-0.1, -0.05) is 18.2 Å². The highest BCUT2D eigenvalue weighted by atomic mass is 19.1. The van der Waals surface area contributed by atoms with Crippen LogP contribution in [0.1, 0.15) is 21.5 Å². The number of methoxy groups -OCH3 is 1. The zero-order valence-electron chi connectivity index (χ0n) is 11.9.